The summed E-state index contributed by atoms with van der Waals surface area (Å²) in [4.78, 5) is 7.02. The monoisotopic (exact) mass is 255 g/mol. The van der Waals surface area contributed by atoms with E-state index in [1.807, 2.05) is 12.3 Å². The van der Waals surface area contributed by atoms with E-state index in [4.69, 9.17) is 5.73 Å². The Hall–Kier alpha value is -1.45. The molecule has 0 aliphatic carbocycles. The first-order valence-electron chi connectivity index (χ1n) is 7.04. The molecule has 0 bridgehead atoms. The van der Waals surface area contributed by atoms with Gasteiger partial charge in [0.15, 0.2) is 0 Å². The van der Waals surface area contributed by atoms with E-state index < -0.39 is 0 Å². The molecule has 2 heterocycles. The Kier molecular flexibility index (Phi) is 3.49. The van der Waals surface area contributed by atoms with Crippen LogP contribution in [0, 0.1) is 5.92 Å². The van der Waals surface area contributed by atoms with Crippen LogP contribution in [-0.2, 0) is 6.54 Å². The molecular formula is C16H21N3. The van der Waals surface area contributed by atoms with Crippen LogP contribution in [0.4, 0.5) is 0 Å². The fourth-order valence-corrected chi connectivity index (χ4v) is 2.85. The van der Waals surface area contributed by atoms with Crippen LogP contribution in [0.1, 0.15) is 18.9 Å². The molecule has 3 nitrogen and oxygen atoms in total. The third kappa shape index (κ3) is 2.77. The van der Waals surface area contributed by atoms with Crippen LogP contribution in [0.2, 0.25) is 0 Å². The molecule has 2 N–H and O–H groups in total. The Morgan fingerprint density at radius 1 is 1.37 bits per heavy atom. The van der Waals surface area contributed by atoms with Gasteiger partial charge in [0.1, 0.15) is 0 Å². The molecule has 0 amide bonds. The molecule has 1 saturated heterocycles. The molecule has 1 aliphatic rings. The van der Waals surface area contributed by atoms with Crippen LogP contribution in [0.5, 0.6) is 0 Å². The minimum Gasteiger partial charge on any atom is -0.327 e. The van der Waals surface area contributed by atoms with Crippen molar-refractivity contribution in [2.75, 3.05) is 13.1 Å². The van der Waals surface area contributed by atoms with Crippen LogP contribution in [0.3, 0.4) is 0 Å². The predicted molar refractivity (Wildman–Crippen MR) is 78.8 cm³/mol. The summed E-state index contributed by atoms with van der Waals surface area (Å²) in [5, 5.41) is 1.22. The van der Waals surface area contributed by atoms with Crippen molar-refractivity contribution in [2.24, 2.45) is 11.7 Å². The number of likely N-dealkylation sites (tertiary alicyclic amines) is 1. The molecule has 2 aromatic rings. The Morgan fingerprint density at radius 3 is 3.05 bits per heavy atom. The molecule has 19 heavy (non-hydrogen) atoms. The van der Waals surface area contributed by atoms with Crippen LogP contribution in [-0.4, -0.2) is 29.0 Å². The summed E-state index contributed by atoms with van der Waals surface area (Å²) in [6, 6.07) is 10.9. The van der Waals surface area contributed by atoms with Gasteiger partial charge in [0.25, 0.3) is 0 Å². The van der Waals surface area contributed by atoms with Crippen molar-refractivity contribution in [1.82, 2.24) is 9.88 Å². The summed E-state index contributed by atoms with van der Waals surface area (Å²) in [6.45, 7) is 5.41. The van der Waals surface area contributed by atoms with Gasteiger partial charge in [-0.15, -0.1) is 0 Å². The number of nitrogens with zero attached hydrogens (tertiary/aromatic N) is 2. The van der Waals surface area contributed by atoms with E-state index in [2.05, 4.69) is 41.1 Å². The number of hydrogen-bond donors (Lipinski definition) is 1. The lowest BCUT2D eigenvalue weighted by atomic mass is 9.94. The zero-order valence-electron chi connectivity index (χ0n) is 11.4. The van der Waals surface area contributed by atoms with Gasteiger partial charge in [-0.05, 0) is 36.6 Å². The molecule has 100 valence electrons. The summed E-state index contributed by atoms with van der Waals surface area (Å²) in [5.74, 6) is 0.585. The number of aromatic nitrogens is 1. The number of benzene rings is 1. The molecule has 0 saturated carbocycles. The number of fused-ring (bicyclic) bond motifs is 1. The Morgan fingerprint density at radius 2 is 2.21 bits per heavy atom. The Balaban J connectivity index is 1.74. The quantitative estimate of drug-likeness (QED) is 0.896. The first-order chi connectivity index (χ1) is 9.22. The van der Waals surface area contributed by atoms with Crippen molar-refractivity contribution in [1.29, 1.82) is 0 Å². The fourth-order valence-electron chi connectivity index (χ4n) is 2.85. The summed E-state index contributed by atoms with van der Waals surface area (Å²) in [5.41, 5.74) is 8.43. The predicted octanol–water partition coefficient (Wildman–Crippen LogP) is 2.40. The second-order valence-corrected chi connectivity index (χ2v) is 5.70. The van der Waals surface area contributed by atoms with E-state index in [-0.39, 0.29) is 0 Å². The molecule has 1 fully saturated rings. The van der Waals surface area contributed by atoms with Gasteiger partial charge in [0.05, 0.1) is 5.52 Å². The number of piperidine rings is 1. The molecule has 2 atom stereocenters. The normalized spacial score (nSPS) is 24.7. The van der Waals surface area contributed by atoms with Gasteiger partial charge >= 0.3 is 0 Å². The van der Waals surface area contributed by atoms with E-state index in [9.17, 15) is 0 Å². The van der Waals surface area contributed by atoms with Gasteiger partial charge in [-0.25, -0.2) is 0 Å². The fraction of sp³-hybridized carbons (Fsp3) is 0.438. The van der Waals surface area contributed by atoms with E-state index in [1.165, 1.54) is 10.9 Å². The molecular weight excluding hydrogens is 234 g/mol. The highest BCUT2D eigenvalue weighted by Gasteiger charge is 2.22. The van der Waals surface area contributed by atoms with Gasteiger partial charge in [0.2, 0.25) is 0 Å². The molecule has 1 aliphatic heterocycles. The maximum Gasteiger partial charge on any atom is 0.0702 e. The molecule has 1 aromatic heterocycles. The average molecular weight is 255 g/mol. The number of rotatable bonds is 2. The number of hydrogen-bond acceptors (Lipinski definition) is 3. The van der Waals surface area contributed by atoms with E-state index in [0.29, 0.717) is 12.0 Å². The summed E-state index contributed by atoms with van der Waals surface area (Å²) in [6.07, 6.45) is 3.10. The van der Waals surface area contributed by atoms with Crippen molar-refractivity contribution in [2.45, 2.75) is 25.9 Å². The standard InChI is InChI=1S/C16H21N3/c1-12-10-19(7-6-15(12)17)11-13-8-14-4-2-3-5-16(14)18-9-13/h2-5,8-9,12,15H,6-7,10-11,17H2,1H3. The number of pyridine rings is 1. The smallest absolute Gasteiger partial charge is 0.0702 e. The second kappa shape index (κ2) is 5.27. The van der Waals surface area contributed by atoms with Gasteiger partial charge in [-0.1, -0.05) is 25.1 Å². The van der Waals surface area contributed by atoms with E-state index in [1.54, 1.807) is 0 Å². The van der Waals surface area contributed by atoms with Gasteiger partial charge in [-0.3, -0.25) is 9.88 Å². The zero-order chi connectivity index (χ0) is 13.2. The minimum absolute atomic E-state index is 0.367. The van der Waals surface area contributed by atoms with E-state index in [0.717, 1.165) is 31.6 Å². The lowest BCUT2D eigenvalue weighted by molar-refractivity contribution is 0.157. The topological polar surface area (TPSA) is 42.2 Å². The first-order valence-corrected chi connectivity index (χ1v) is 7.04. The van der Waals surface area contributed by atoms with Crippen LogP contribution < -0.4 is 5.73 Å². The van der Waals surface area contributed by atoms with Crippen molar-refractivity contribution in [3.05, 3.63) is 42.1 Å². The minimum atomic E-state index is 0.367. The number of nitrogens with two attached hydrogens (primary N) is 1. The Bertz CT molecular complexity index is 567. The Labute approximate surface area is 114 Å². The van der Waals surface area contributed by atoms with E-state index >= 15 is 0 Å². The third-order valence-electron chi connectivity index (χ3n) is 4.11. The first kappa shape index (κ1) is 12.6. The van der Waals surface area contributed by atoms with Crippen LogP contribution in [0.15, 0.2) is 36.5 Å². The largest absolute Gasteiger partial charge is 0.327 e. The summed E-state index contributed by atoms with van der Waals surface area (Å²) in [7, 11) is 0. The van der Waals surface area contributed by atoms with Gasteiger partial charge in [0, 0.05) is 30.7 Å². The zero-order valence-corrected chi connectivity index (χ0v) is 11.4. The molecule has 1 aromatic carbocycles. The maximum absolute atomic E-state index is 6.07. The highest BCUT2D eigenvalue weighted by molar-refractivity contribution is 5.78. The molecule has 2 unspecified atom stereocenters. The SMILES string of the molecule is CC1CN(Cc2cnc3ccccc3c2)CCC1N. The molecule has 3 heteroatoms. The molecule has 0 radical (unpaired) electrons. The van der Waals surface area contributed by atoms with Crippen LogP contribution >= 0.6 is 0 Å². The summed E-state index contributed by atoms with van der Waals surface area (Å²) >= 11 is 0. The van der Waals surface area contributed by atoms with Crippen molar-refractivity contribution in [3.63, 3.8) is 0 Å². The second-order valence-electron chi connectivity index (χ2n) is 5.70. The van der Waals surface area contributed by atoms with Crippen molar-refractivity contribution < 1.29 is 0 Å². The maximum atomic E-state index is 6.07. The van der Waals surface area contributed by atoms with Crippen molar-refractivity contribution >= 4 is 10.9 Å². The highest BCUT2D eigenvalue weighted by Crippen LogP contribution is 2.19. The van der Waals surface area contributed by atoms with Gasteiger partial charge < -0.3 is 5.73 Å². The molecule has 3 rings (SSSR count). The number of para-hydroxylation sites is 1. The third-order valence-corrected chi connectivity index (χ3v) is 4.11. The van der Waals surface area contributed by atoms with Gasteiger partial charge in [-0.2, -0.15) is 0 Å². The van der Waals surface area contributed by atoms with Crippen LogP contribution in [0.25, 0.3) is 10.9 Å². The molecule has 0 spiro atoms. The van der Waals surface area contributed by atoms with Crippen molar-refractivity contribution in [3.8, 4) is 0 Å². The lowest BCUT2D eigenvalue weighted by Gasteiger charge is -2.35. The average Bonchev–Trinajstić information content (AvgIpc) is 2.43. The highest BCUT2D eigenvalue weighted by atomic mass is 15.1. The summed E-state index contributed by atoms with van der Waals surface area (Å²) < 4.78 is 0. The lowest BCUT2D eigenvalue weighted by Crippen LogP contribution is -2.45.